The van der Waals surface area contributed by atoms with Gasteiger partial charge in [-0.05, 0) is 36.4 Å². The van der Waals surface area contributed by atoms with Crippen molar-refractivity contribution < 1.29 is 9.47 Å². The number of guanidine groups is 1. The van der Waals surface area contributed by atoms with E-state index >= 15 is 0 Å². The number of nitrogens with one attached hydrogen (secondary N) is 1. The highest BCUT2D eigenvalue weighted by Crippen LogP contribution is 2.14. The number of para-hydroxylation sites is 1. The normalized spacial score (nSPS) is 10.6. The van der Waals surface area contributed by atoms with Crippen molar-refractivity contribution in [2.24, 2.45) is 10.7 Å². The van der Waals surface area contributed by atoms with Crippen LogP contribution < -0.4 is 20.5 Å². The van der Waals surface area contributed by atoms with E-state index in [1.54, 1.807) is 7.11 Å². The summed E-state index contributed by atoms with van der Waals surface area (Å²) in [5.41, 5.74) is 6.71. The summed E-state index contributed by atoms with van der Waals surface area (Å²) in [7, 11) is 1.63. The van der Waals surface area contributed by atoms with Gasteiger partial charge in [-0.2, -0.15) is 0 Å². The summed E-state index contributed by atoms with van der Waals surface area (Å²) in [5.74, 6) is 2.07. The molecule has 5 nitrogen and oxygen atoms in total. The molecule has 3 N–H and O–H groups in total. The zero-order chi connectivity index (χ0) is 15.6. The molecule has 0 aliphatic rings. The van der Waals surface area contributed by atoms with E-state index in [9.17, 15) is 0 Å². The number of hydrogen-bond donors (Lipinski definition) is 2. The Labute approximate surface area is 153 Å². The average molecular weight is 427 g/mol. The third kappa shape index (κ3) is 7.23. The number of nitrogens with two attached hydrogens (primary N) is 1. The van der Waals surface area contributed by atoms with Crippen molar-refractivity contribution in [1.82, 2.24) is 0 Å². The van der Waals surface area contributed by atoms with Gasteiger partial charge in [-0.25, -0.2) is 0 Å². The van der Waals surface area contributed by atoms with Crippen molar-refractivity contribution in [3.63, 3.8) is 0 Å². The molecule has 2 aromatic carbocycles. The SMILES string of the molecule is COc1ccc(NC(N)=NCCCOc2ccccc2)cc1.I. The van der Waals surface area contributed by atoms with Gasteiger partial charge in [-0.3, -0.25) is 4.99 Å². The standard InChI is InChI=1S/C17H21N3O2.HI/c1-21-15-10-8-14(9-11-15)20-17(18)19-12-5-13-22-16-6-3-2-4-7-16;/h2-4,6-11H,5,12-13H2,1H3,(H3,18,19,20);1H. The van der Waals surface area contributed by atoms with Crippen LogP contribution in [0.5, 0.6) is 11.5 Å². The highest BCUT2D eigenvalue weighted by atomic mass is 127. The van der Waals surface area contributed by atoms with Gasteiger partial charge in [-0.15, -0.1) is 24.0 Å². The number of anilines is 1. The Balaban J connectivity index is 0.00000264. The van der Waals surface area contributed by atoms with Crippen molar-refractivity contribution in [2.45, 2.75) is 6.42 Å². The topological polar surface area (TPSA) is 68.9 Å². The Bertz CT molecular complexity index is 589. The maximum atomic E-state index is 5.84. The Kier molecular flexibility index (Phi) is 8.89. The van der Waals surface area contributed by atoms with E-state index in [1.807, 2.05) is 54.6 Å². The van der Waals surface area contributed by atoms with E-state index in [1.165, 1.54) is 0 Å². The summed E-state index contributed by atoms with van der Waals surface area (Å²) < 4.78 is 10.7. The lowest BCUT2D eigenvalue weighted by Crippen LogP contribution is -2.23. The van der Waals surface area contributed by atoms with Gasteiger partial charge >= 0.3 is 0 Å². The maximum absolute atomic E-state index is 5.84. The summed E-state index contributed by atoms with van der Waals surface area (Å²) in [6, 6.07) is 17.2. The molecule has 0 aromatic heterocycles. The molecule has 0 amide bonds. The van der Waals surface area contributed by atoms with Gasteiger partial charge in [-0.1, -0.05) is 18.2 Å². The molecular weight excluding hydrogens is 405 g/mol. The van der Waals surface area contributed by atoms with Gasteiger partial charge < -0.3 is 20.5 Å². The summed E-state index contributed by atoms with van der Waals surface area (Å²) in [5, 5.41) is 3.03. The summed E-state index contributed by atoms with van der Waals surface area (Å²) in [4.78, 5) is 4.27. The van der Waals surface area contributed by atoms with Crippen LogP contribution >= 0.6 is 24.0 Å². The fourth-order valence-electron chi connectivity index (χ4n) is 1.83. The number of halogens is 1. The van der Waals surface area contributed by atoms with E-state index in [0.717, 1.165) is 23.6 Å². The molecule has 0 saturated heterocycles. The minimum Gasteiger partial charge on any atom is -0.497 e. The molecule has 0 saturated carbocycles. The van der Waals surface area contributed by atoms with Crippen molar-refractivity contribution in [3.05, 3.63) is 54.6 Å². The van der Waals surface area contributed by atoms with Crippen LogP contribution in [0.4, 0.5) is 5.69 Å². The third-order valence-electron chi connectivity index (χ3n) is 2.96. The Morgan fingerprint density at radius 3 is 2.39 bits per heavy atom. The first-order valence-electron chi connectivity index (χ1n) is 7.17. The molecule has 0 aliphatic carbocycles. The summed E-state index contributed by atoms with van der Waals surface area (Å²) in [6.45, 7) is 1.23. The average Bonchev–Trinajstić information content (AvgIpc) is 2.56. The fourth-order valence-corrected chi connectivity index (χ4v) is 1.83. The van der Waals surface area contributed by atoms with Crippen LogP contribution in [0.2, 0.25) is 0 Å². The largest absolute Gasteiger partial charge is 0.497 e. The van der Waals surface area contributed by atoms with E-state index < -0.39 is 0 Å². The molecule has 0 unspecified atom stereocenters. The van der Waals surface area contributed by atoms with E-state index in [0.29, 0.717) is 19.1 Å². The first-order chi connectivity index (χ1) is 10.8. The second-order valence-corrected chi connectivity index (χ2v) is 4.64. The van der Waals surface area contributed by atoms with Crippen LogP contribution in [0.25, 0.3) is 0 Å². The van der Waals surface area contributed by atoms with E-state index in [-0.39, 0.29) is 24.0 Å². The third-order valence-corrected chi connectivity index (χ3v) is 2.96. The zero-order valence-corrected chi connectivity index (χ0v) is 15.4. The van der Waals surface area contributed by atoms with Crippen molar-refractivity contribution in [2.75, 3.05) is 25.6 Å². The fraction of sp³-hybridized carbons (Fsp3) is 0.235. The monoisotopic (exact) mass is 427 g/mol. The molecule has 23 heavy (non-hydrogen) atoms. The molecule has 6 heteroatoms. The molecular formula is C17H22IN3O2. The molecule has 2 aromatic rings. The highest BCUT2D eigenvalue weighted by Gasteiger charge is 1.96. The molecule has 0 aliphatic heterocycles. The van der Waals surface area contributed by atoms with Crippen molar-refractivity contribution >= 4 is 35.6 Å². The van der Waals surface area contributed by atoms with Gasteiger partial charge in [0.2, 0.25) is 0 Å². The van der Waals surface area contributed by atoms with Crippen molar-refractivity contribution in [3.8, 4) is 11.5 Å². The molecule has 0 spiro atoms. The lowest BCUT2D eigenvalue weighted by atomic mass is 10.3. The molecule has 124 valence electrons. The van der Waals surface area contributed by atoms with Crippen LogP contribution in [0.1, 0.15) is 6.42 Å². The van der Waals surface area contributed by atoms with Gasteiger partial charge in [0, 0.05) is 18.7 Å². The van der Waals surface area contributed by atoms with Gasteiger partial charge in [0.25, 0.3) is 0 Å². The first kappa shape index (κ1) is 19.1. The van der Waals surface area contributed by atoms with Gasteiger partial charge in [0.15, 0.2) is 5.96 Å². The number of aliphatic imine (C=N–C) groups is 1. The van der Waals surface area contributed by atoms with E-state index in [2.05, 4.69) is 10.3 Å². The zero-order valence-electron chi connectivity index (χ0n) is 13.1. The van der Waals surface area contributed by atoms with E-state index in [4.69, 9.17) is 15.2 Å². The second kappa shape index (κ2) is 10.7. The molecule has 0 atom stereocenters. The summed E-state index contributed by atoms with van der Waals surface area (Å²) >= 11 is 0. The lowest BCUT2D eigenvalue weighted by Gasteiger charge is -2.07. The molecule has 0 bridgehead atoms. The van der Waals surface area contributed by atoms with Crippen LogP contribution in [0, 0.1) is 0 Å². The highest BCUT2D eigenvalue weighted by molar-refractivity contribution is 14.0. The quantitative estimate of drug-likeness (QED) is 0.307. The number of hydrogen-bond acceptors (Lipinski definition) is 3. The lowest BCUT2D eigenvalue weighted by molar-refractivity contribution is 0.313. The van der Waals surface area contributed by atoms with Crippen LogP contribution in [0.3, 0.4) is 0 Å². The van der Waals surface area contributed by atoms with Crippen LogP contribution in [0.15, 0.2) is 59.6 Å². The number of nitrogens with zero attached hydrogens (tertiary/aromatic N) is 1. The van der Waals surface area contributed by atoms with Crippen molar-refractivity contribution in [1.29, 1.82) is 0 Å². The Hall–Kier alpha value is -1.96. The predicted octanol–water partition coefficient (Wildman–Crippen LogP) is 3.51. The smallest absolute Gasteiger partial charge is 0.193 e. The molecule has 2 rings (SSSR count). The number of methoxy groups -OCH3 is 1. The molecule has 0 heterocycles. The predicted molar refractivity (Wildman–Crippen MR) is 105 cm³/mol. The second-order valence-electron chi connectivity index (χ2n) is 4.64. The minimum absolute atomic E-state index is 0. The first-order valence-corrected chi connectivity index (χ1v) is 7.17. The Morgan fingerprint density at radius 1 is 1.04 bits per heavy atom. The Morgan fingerprint density at radius 2 is 1.74 bits per heavy atom. The van der Waals surface area contributed by atoms with Crippen LogP contribution in [-0.4, -0.2) is 26.2 Å². The minimum atomic E-state index is 0. The summed E-state index contributed by atoms with van der Waals surface area (Å²) in [6.07, 6.45) is 0.805. The van der Waals surface area contributed by atoms with Crippen LogP contribution in [-0.2, 0) is 0 Å². The molecule has 0 radical (unpaired) electrons. The van der Waals surface area contributed by atoms with Gasteiger partial charge in [0.1, 0.15) is 11.5 Å². The maximum Gasteiger partial charge on any atom is 0.193 e. The molecule has 0 fully saturated rings. The number of ether oxygens (including phenoxy) is 2. The van der Waals surface area contributed by atoms with Gasteiger partial charge in [0.05, 0.1) is 13.7 Å². The number of benzene rings is 2. The number of rotatable bonds is 7.